The molecule has 1 aliphatic carbocycles. The Morgan fingerprint density at radius 1 is 1.32 bits per heavy atom. The molecule has 1 unspecified atom stereocenters. The van der Waals surface area contributed by atoms with Crippen molar-refractivity contribution < 1.29 is 9.53 Å². The summed E-state index contributed by atoms with van der Waals surface area (Å²) in [7, 11) is 0. The molecule has 0 spiro atoms. The van der Waals surface area contributed by atoms with Crippen molar-refractivity contribution in [3.05, 3.63) is 30.3 Å². The highest BCUT2D eigenvalue weighted by Gasteiger charge is 2.36. The Balaban J connectivity index is 1.58. The Morgan fingerprint density at radius 2 is 2.09 bits per heavy atom. The number of hydrogen-bond acceptors (Lipinski definition) is 4. The van der Waals surface area contributed by atoms with Crippen LogP contribution in [0.2, 0.25) is 0 Å². The van der Waals surface area contributed by atoms with Crippen molar-refractivity contribution in [2.75, 3.05) is 26.3 Å². The monoisotopic (exact) mass is 320 g/mol. The summed E-state index contributed by atoms with van der Waals surface area (Å²) >= 11 is 1.92. The number of carbonyl (C=O) groups excluding carboxylic acids is 1. The third kappa shape index (κ3) is 4.03. The van der Waals surface area contributed by atoms with Gasteiger partial charge in [0.05, 0.1) is 13.2 Å². The van der Waals surface area contributed by atoms with Crippen molar-refractivity contribution in [2.45, 2.75) is 41.4 Å². The van der Waals surface area contributed by atoms with Crippen molar-refractivity contribution >= 4 is 17.7 Å². The second kappa shape index (κ2) is 7.49. The molecule has 0 radical (unpaired) electrons. The van der Waals surface area contributed by atoms with E-state index in [2.05, 4.69) is 34.9 Å². The molecule has 1 aromatic carbocycles. The third-order valence-corrected chi connectivity index (χ3v) is 5.91. The minimum atomic E-state index is -0.200. The first-order valence-corrected chi connectivity index (χ1v) is 8.92. The number of nitrogens with one attached hydrogen (secondary N) is 2. The van der Waals surface area contributed by atoms with Gasteiger partial charge in [0.1, 0.15) is 6.04 Å². The number of benzene rings is 1. The van der Waals surface area contributed by atoms with E-state index < -0.39 is 0 Å². The molecule has 1 saturated heterocycles. The van der Waals surface area contributed by atoms with Crippen LogP contribution in [-0.2, 0) is 9.53 Å². The SMILES string of the molecule is O=C(NCC1(Sc2ccccc2)CCCC1)C1COCCN1. The Morgan fingerprint density at radius 3 is 2.77 bits per heavy atom. The van der Waals surface area contributed by atoms with E-state index in [1.807, 2.05) is 17.8 Å². The van der Waals surface area contributed by atoms with E-state index >= 15 is 0 Å². The molecule has 2 fully saturated rings. The maximum atomic E-state index is 12.3. The summed E-state index contributed by atoms with van der Waals surface area (Å²) < 4.78 is 5.51. The number of carbonyl (C=O) groups is 1. The van der Waals surface area contributed by atoms with Crippen LogP contribution in [0.25, 0.3) is 0 Å². The van der Waals surface area contributed by atoms with Crippen LogP contribution in [0.5, 0.6) is 0 Å². The van der Waals surface area contributed by atoms with Gasteiger partial charge in [0.25, 0.3) is 0 Å². The highest BCUT2D eigenvalue weighted by Crippen LogP contribution is 2.44. The van der Waals surface area contributed by atoms with Crippen LogP contribution < -0.4 is 10.6 Å². The average molecular weight is 320 g/mol. The molecule has 22 heavy (non-hydrogen) atoms. The van der Waals surface area contributed by atoms with Gasteiger partial charge < -0.3 is 15.4 Å². The summed E-state index contributed by atoms with van der Waals surface area (Å²) in [6.45, 7) is 2.66. The van der Waals surface area contributed by atoms with E-state index in [0.29, 0.717) is 13.2 Å². The van der Waals surface area contributed by atoms with Gasteiger partial charge in [0.2, 0.25) is 5.91 Å². The van der Waals surface area contributed by atoms with Gasteiger partial charge in [0, 0.05) is 22.7 Å². The zero-order valence-corrected chi connectivity index (χ0v) is 13.7. The smallest absolute Gasteiger partial charge is 0.239 e. The molecule has 1 saturated carbocycles. The lowest BCUT2D eigenvalue weighted by Crippen LogP contribution is -2.53. The van der Waals surface area contributed by atoms with Gasteiger partial charge in [-0.2, -0.15) is 0 Å². The van der Waals surface area contributed by atoms with Gasteiger partial charge in [-0.1, -0.05) is 31.0 Å². The Kier molecular flexibility index (Phi) is 5.39. The first-order valence-electron chi connectivity index (χ1n) is 8.10. The summed E-state index contributed by atoms with van der Waals surface area (Å²) in [5.41, 5.74) is 0. The van der Waals surface area contributed by atoms with E-state index in [9.17, 15) is 4.79 Å². The number of morpholine rings is 1. The Labute approximate surface area is 136 Å². The van der Waals surface area contributed by atoms with E-state index in [-0.39, 0.29) is 16.7 Å². The van der Waals surface area contributed by atoms with Gasteiger partial charge in [-0.15, -0.1) is 11.8 Å². The highest BCUT2D eigenvalue weighted by molar-refractivity contribution is 8.00. The first kappa shape index (κ1) is 15.8. The predicted molar refractivity (Wildman–Crippen MR) is 89.1 cm³/mol. The Hall–Kier alpha value is -1.04. The van der Waals surface area contributed by atoms with Crippen LogP contribution >= 0.6 is 11.8 Å². The summed E-state index contributed by atoms with van der Waals surface area (Å²) in [5.74, 6) is 0.0691. The minimum Gasteiger partial charge on any atom is -0.378 e. The topological polar surface area (TPSA) is 50.4 Å². The molecule has 2 aliphatic rings. The van der Waals surface area contributed by atoms with Crippen LogP contribution in [0, 0.1) is 0 Å². The van der Waals surface area contributed by atoms with Crippen LogP contribution in [0.3, 0.4) is 0 Å². The van der Waals surface area contributed by atoms with Crippen molar-refractivity contribution in [2.24, 2.45) is 0 Å². The Bertz CT molecular complexity index is 483. The molecule has 0 bridgehead atoms. The minimum absolute atomic E-state index is 0.0691. The fourth-order valence-electron chi connectivity index (χ4n) is 3.18. The number of rotatable bonds is 5. The van der Waals surface area contributed by atoms with E-state index in [0.717, 1.165) is 13.1 Å². The zero-order valence-electron chi connectivity index (χ0n) is 12.8. The number of amides is 1. The van der Waals surface area contributed by atoms with E-state index in [1.165, 1.54) is 30.6 Å². The average Bonchev–Trinajstić information content (AvgIpc) is 3.03. The molecule has 1 aliphatic heterocycles. The van der Waals surface area contributed by atoms with Gasteiger partial charge in [-0.3, -0.25) is 4.79 Å². The normalized spacial score (nSPS) is 24.1. The van der Waals surface area contributed by atoms with E-state index in [1.54, 1.807) is 0 Å². The molecule has 1 heterocycles. The first-order chi connectivity index (χ1) is 10.8. The second-order valence-electron chi connectivity index (χ2n) is 6.10. The van der Waals surface area contributed by atoms with Gasteiger partial charge in [-0.25, -0.2) is 0 Å². The highest BCUT2D eigenvalue weighted by atomic mass is 32.2. The van der Waals surface area contributed by atoms with Crippen LogP contribution in [0.1, 0.15) is 25.7 Å². The molecule has 120 valence electrons. The van der Waals surface area contributed by atoms with Crippen molar-refractivity contribution in [1.29, 1.82) is 0 Å². The number of ether oxygens (including phenoxy) is 1. The molecule has 5 heteroatoms. The lowest BCUT2D eigenvalue weighted by atomic mass is 10.1. The number of thioether (sulfide) groups is 1. The van der Waals surface area contributed by atoms with Crippen molar-refractivity contribution in [1.82, 2.24) is 10.6 Å². The fraction of sp³-hybridized carbons (Fsp3) is 0.588. The summed E-state index contributed by atoms with van der Waals surface area (Å²) in [6, 6.07) is 10.3. The van der Waals surface area contributed by atoms with Gasteiger partial charge in [0.15, 0.2) is 0 Å². The van der Waals surface area contributed by atoms with E-state index in [4.69, 9.17) is 4.74 Å². The molecule has 0 aromatic heterocycles. The molecule has 3 rings (SSSR count). The maximum Gasteiger partial charge on any atom is 0.239 e. The molecule has 4 nitrogen and oxygen atoms in total. The third-order valence-electron chi connectivity index (χ3n) is 4.42. The predicted octanol–water partition coefficient (Wildman–Crippen LogP) is 2.20. The van der Waals surface area contributed by atoms with Crippen LogP contribution in [0.15, 0.2) is 35.2 Å². The number of hydrogen-bond donors (Lipinski definition) is 2. The zero-order chi connectivity index (χ0) is 15.3. The maximum absolute atomic E-state index is 12.3. The molecule has 1 aromatic rings. The summed E-state index contributed by atoms with van der Waals surface area (Å²) in [4.78, 5) is 13.6. The largest absolute Gasteiger partial charge is 0.378 e. The summed E-state index contributed by atoms with van der Waals surface area (Å²) in [5, 5.41) is 6.37. The molecular formula is C17H24N2O2S. The van der Waals surface area contributed by atoms with Crippen LogP contribution in [-0.4, -0.2) is 43.0 Å². The quantitative estimate of drug-likeness (QED) is 0.873. The lowest BCUT2D eigenvalue weighted by Gasteiger charge is -2.30. The second-order valence-corrected chi connectivity index (χ2v) is 7.65. The van der Waals surface area contributed by atoms with Crippen molar-refractivity contribution in [3.8, 4) is 0 Å². The molecular weight excluding hydrogens is 296 g/mol. The molecule has 2 N–H and O–H groups in total. The van der Waals surface area contributed by atoms with Gasteiger partial charge in [-0.05, 0) is 25.0 Å². The molecule has 1 atom stereocenters. The molecule has 1 amide bonds. The van der Waals surface area contributed by atoms with Crippen molar-refractivity contribution in [3.63, 3.8) is 0 Å². The fourth-order valence-corrected chi connectivity index (χ4v) is 4.61. The standard InChI is InChI=1S/C17H24N2O2S/c20-16(15-12-21-11-10-18-15)19-13-17(8-4-5-9-17)22-14-6-2-1-3-7-14/h1-3,6-7,15,18H,4-5,8-13H2,(H,19,20). The lowest BCUT2D eigenvalue weighted by molar-refractivity contribution is -0.126. The summed E-state index contributed by atoms with van der Waals surface area (Å²) in [6.07, 6.45) is 4.84. The van der Waals surface area contributed by atoms with Crippen LogP contribution in [0.4, 0.5) is 0 Å². The van der Waals surface area contributed by atoms with Gasteiger partial charge >= 0.3 is 0 Å².